The Morgan fingerprint density at radius 2 is 1.81 bits per heavy atom. The van der Waals surface area contributed by atoms with Crippen LogP contribution in [-0.4, -0.2) is 18.0 Å². The van der Waals surface area contributed by atoms with Crippen molar-refractivity contribution in [3.8, 4) is 0 Å². The Morgan fingerprint density at radius 3 is 2.38 bits per heavy atom. The van der Waals surface area contributed by atoms with E-state index >= 15 is 0 Å². The molecule has 0 saturated heterocycles. The van der Waals surface area contributed by atoms with Crippen LogP contribution in [-0.2, 0) is 5.75 Å². The van der Waals surface area contributed by atoms with Gasteiger partial charge in [0.25, 0.3) is 0 Å². The number of alkyl halides is 3. The summed E-state index contributed by atoms with van der Waals surface area (Å²) in [7, 11) is 0. The maximum atomic E-state index is 12.1. The molecule has 1 atom stereocenters. The molecule has 0 saturated carbocycles. The van der Waals surface area contributed by atoms with Crippen LogP contribution in [0.5, 0.6) is 0 Å². The second-order valence-corrected chi connectivity index (χ2v) is 4.58. The van der Waals surface area contributed by atoms with E-state index in [2.05, 4.69) is 0 Å². The van der Waals surface area contributed by atoms with Crippen molar-refractivity contribution in [2.24, 2.45) is 5.73 Å². The van der Waals surface area contributed by atoms with Crippen LogP contribution in [0, 0.1) is 0 Å². The lowest BCUT2D eigenvalue weighted by molar-refractivity contribution is -0.147. The van der Waals surface area contributed by atoms with Gasteiger partial charge in [-0.1, -0.05) is 30.3 Å². The lowest BCUT2D eigenvalue weighted by Gasteiger charge is -2.14. The van der Waals surface area contributed by atoms with Gasteiger partial charge in [0.15, 0.2) is 0 Å². The Labute approximate surface area is 97.2 Å². The highest BCUT2D eigenvalue weighted by atomic mass is 32.2. The van der Waals surface area contributed by atoms with Crippen LogP contribution in [0.3, 0.4) is 0 Å². The third-order valence-electron chi connectivity index (χ3n) is 2.11. The molecule has 1 aromatic carbocycles. The Balaban J connectivity index is 2.18. The number of thioether (sulfide) groups is 1. The van der Waals surface area contributed by atoms with Crippen LogP contribution >= 0.6 is 11.8 Å². The maximum absolute atomic E-state index is 12.1. The predicted octanol–water partition coefficient (Wildman–Crippen LogP) is 3.20. The van der Waals surface area contributed by atoms with Gasteiger partial charge in [0, 0.05) is 5.75 Å². The number of hydrogen-bond acceptors (Lipinski definition) is 2. The van der Waals surface area contributed by atoms with Crippen molar-refractivity contribution in [3.05, 3.63) is 35.9 Å². The van der Waals surface area contributed by atoms with E-state index in [9.17, 15) is 13.2 Å². The standard InChI is InChI=1S/C11H14F3NS/c12-11(13,14)10(15)6-7-16-8-9-4-2-1-3-5-9/h1-5,10H,6-8,15H2. The summed E-state index contributed by atoms with van der Waals surface area (Å²) in [6, 6.07) is 7.95. The van der Waals surface area contributed by atoms with Crippen molar-refractivity contribution in [1.82, 2.24) is 0 Å². The summed E-state index contributed by atoms with van der Waals surface area (Å²) in [4.78, 5) is 0. The largest absolute Gasteiger partial charge is 0.403 e. The number of nitrogens with two attached hydrogens (primary N) is 1. The lowest BCUT2D eigenvalue weighted by Crippen LogP contribution is -2.37. The highest BCUT2D eigenvalue weighted by Crippen LogP contribution is 2.22. The topological polar surface area (TPSA) is 26.0 Å². The average molecular weight is 249 g/mol. The van der Waals surface area contributed by atoms with Gasteiger partial charge in [0.2, 0.25) is 0 Å². The normalized spacial score (nSPS) is 13.8. The molecule has 0 aliphatic carbocycles. The zero-order valence-corrected chi connectivity index (χ0v) is 9.52. The fourth-order valence-electron chi connectivity index (χ4n) is 1.14. The van der Waals surface area contributed by atoms with Gasteiger partial charge in [-0.3, -0.25) is 0 Å². The molecule has 0 aromatic heterocycles. The molecule has 90 valence electrons. The number of benzene rings is 1. The zero-order valence-electron chi connectivity index (χ0n) is 8.70. The first-order chi connectivity index (χ1) is 7.50. The minimum absolute atomic E-state index is 0.0268. The second-order valence-electron chi connectivity index (χ2n) is 3.47. The molecule has 0 spiro atoms. The van der Waals surface area contributed by atoms with Crippen molar-refractivity contribution >= 4 is 11.8 Å². The SMILES string of the molecule is NC(CCSCc1ccccc1)C(F)(F)F. The highest BCUT2D eigenvalue weighted by molar-refractivity contribution is 7.98. The van der Waals surface area contributed by atoms with E-state index in [4.69, 9.17) is 5.73 Å². The van der Waals surface area contributed by atoms with E-state index in [-0.39, 0.29) is 6.42 Å². The average Bonchev–Trinajstić information content (AvgIpc) is 2.24. The minimum atomic E-state index is -4.27. The molecule has 0 aliphatic rings. The lowest BCUT2D eigenvalue weighted by atomic mass is 10.2. The molecule has 0 radical (unpaired) electrons. The molecule has 0 aliphatic heterocycles. The summed E-state index contributed by atoms with van der Waals surface area (Å²) >= 11 is 1.47. The molecule has 0 heterocycles. The first-order valence-corrected chi connectivity index (χ1v) is 6.09. The summed E-state index contributed by atoms with van der Waals surface area (Å²) in [6.45, 7) is 0. The molecular formula is C11H14F3NS. The summed E-state index contributed by atoms with van der Waals surface area (Å²) in [5.74, 6) is 1.15. The molecule has 0 bridgehead atoms. The monoisotopic (exact) mass is 249 g/mol. The van der Waals surface area contributed by atoms with Gasteiger partial charge < -0.3 is 5.73 Å². The van der Waals surface area contributed by atoms with Gasteiger partial charge >= 0.3 is 6.18 Å². The van der Waals surface area contributed by atoms with Crippen LogP contribution < -0.4 is 5.73 Å². The van der Waals surface area contributed by atoms with E-state index in [0.29, 0.717) is 5.75 Å². The minimum Gasteiger partial charge on any atom is -0.320 e. The first kappa shape index (κ1) is 13.4. The van der Waals surface area contributed by atoms with Crippen LogP contribution in [0.15, 0.2) is 30.3 Å². The van der Waals surface area contributed by atoms with Gasteiger partial charge in [-0.2, -0.15) is 24.9 Å². The third kappa shape index (κ3) is 4.90. The Bertz CT molecular complexity index is 300. The molecular weight excluding hydrogens is 235 g/mol. The third-order valence-corrected chi connectivity index (χ3v) is 3.17. The number of rotatable bonds is 5. The summed E-state index contributed by atoms with van der Waals surface area (Å²) in [5.41, 5.74) is 6.11. The molecule has 1 nitrogen and oxygen atoms in total. The van der Waals surface area contributed by atoms with Crippen LogP contribution in [0.1, 0.15) is 12.0 Å². The van der Waals surface area contributed by atoms with E-state index < -0.39 is 12.2 Å². The molecule has 16 heavy (non-hydrogen) atoms. The van der Waals surface area contributed by atoms with Gasteiger partial charge in [-0.25, -0.2) is 0 Å². The van der Waals surface area contributed by atoms with Crippen molar-refractivity contribution in [2.45, 2.75) is 24.4 Å². The summed E-state index contributed by atoms with van der Waals surface area (Å²) in [6.07, 6.45) is -4.30. The van der Waals surface area contributed by atoms with Gasteiger partial charge in [-0.05, 0) is 17.7 Å². The van der Waals surface area contributed by atoms with Crippen molar-refractivity contribution in [2.75, 3.05) is 5.75 Å². The maximum Gasteiger partial charge on any atom is 0.403 e. The predicted molar refractivity (Wildman–Crippen MR) is 61.3 cm³/mol. The Hall–Kier alpha value is -0.680. The van der Waals surface area contributed by atoms with Crippen LogP contribution in [0.25, 0.3) is 0 Å². The zero-order chi connectivity index (χ0) is 12.0. The molecule has 2 N–H and O–H groups in total. The highest BCUT2D eigenvalue weighted by Gasteiger charge is 2.35. The fraction of sp³-hybridized carbons (Fsp3) is 0.455. The molecule has 5 heteroatoms. The molecule has 1 rings (SSSR count). The van der Waals surface area contributed by atoms with Crippen molar-refractivity contribution in [1.29, 1.82) is 0 Å². The first-order valence-electron chi connectivity index (χ1n) is 4.94. The second kappa shape index (κ2) is 6.15. The Kier molecular flexibility index (Phi) is 5.15. The van der Waals surface area contributed by atoms with Crippen LogP contribution in [0.2, 0.25) is 0 Å². The Morgan fingerprint density at radius 1 is 1.19 bits per heavy atom. The molecule has 0 amide bonds. The smallest absolute Gasteiger partial charge is 0.320 e. The molecule has 0 fully saturated rings. The summed E-state index contributed by atoms with van der Waals surface area (Å²) < 4.78 is 36.2. The number of halogens is 3. The molecule has 1 unspecified atom stereocenters. The quantitative estimate of drug-likeness (QED) is 0.811. The van der Waals surface area contributed by atoms with Crippen molar-refractivity contribution < 1.29 is 13.2 Å². The molecule has 1 aromatic rings. The van der Waals surface area contributed by atoms with E-state index in [0.717, 1.165) is 11.3 Å². The summed E-state index contributed by atoms with van der Waals surface area (Å²) in [5, 5.41) is 0. The van der Waals surface area contributed by atoms with E-state index in [1.54, 1.807) is 0 Å². The number of hydrogen-bond donors (Lipinski definition) is 1. The van der Waals surface area contributed by atoms with E-state index in [1.807, 2.05) is 30.3 Å². The van der Waals surface area contributed by atoms with Gasteiger partial charge in [0.1, 0.15) is 6.04 Å². The van der Waals surface area contributed by atoms with Gasteiger partial charge in [0.05, 0.1) is 0 Å². The van der Waals surface area contributed by atoms with Crippen LogP contribution in [0.4, 0.5) is 13.2 Å². The fourth-order valence-corrected chi connectivity index (χ4v) is 2.13. The van der Waals surface area contributed by atoms with Crippen molar-refractivity contribution in [3.63, 3.8) is 0 Å². The van der Waals surface area contributed by atoms with Gasteiger partial charge in [-0.15, -0.1) is 0 Å². The van der Waals surface area contributed by atoms with E-state index in [1.165, 1.54) is 11.8 Å².